The number of ether oxygens (including phenoxy) is 1. The van der Waals surface area contributed by atoms with Crippen LogP contribution in [-0.4, -0.2) is 41.4 Å². The van der Waals surface area contributed by atoms with Crippen LogP contribution in [0.25, 0.3) is 22.4 Å². The first-order valence-electron chi connectivity index (χ1n) is 11.7. The van der Waals surface area contributed by atoms with E-state index in [1.54, 1.807) is 18.3 Å². The lowest BCUT2D eigenvalue weighted by molar-refractivity contribution is -0.114. The number of aromatic nitrogens is 6. The summed E-state index contributed by atoms with van der Waals surface area (Å²) in [6.45, 7) is 3.99. The Hall–Kier alpha value is -3.01. The third-order valence-corrected chi connectivity index (χ3v) is 7.05. The zero-order valence-electron chi connectivity index (χ0n) is 19.4. The predicted molar refractivity (Wildman–Crippen MR) is 127 cm³/mol. The van der Waals surface area contributed by atoms with Gasteiger partial charge in [0.05, 0.1) is 36.3 Å². The topological polar surface area (TPSA) is 98.8 Å². The predicted octanol–water partition coefficient (Wildman–Crippen LogP) is 4.77. The van der Waals surface area contributed by atoms with Crippen molar-refractivity contribution in [3.8, 4) is 11.3 Å². The molecular formula is C25H24ClFN6O2. The molecule has 1 N–H and O–H groups in total. The maximum absolute atomic E-state index is 15.0. The Morgan fingerprint density at radius 3 is 2.71 bits per heavy atom. The minimum atomic E-state index is -1.39. The smallest absolute Gasteiger partial charge is 0.182 e. The molecule has 2 aliphatic rings. The summed E-state index contributed by atoms with van der Waals surface area (Å²) < 4.78 is 22.9. The van der Waals surface area contributed by atoms with E-state index in [0.717, 1.165) is 18.4 Å². The van der Waals surface area contributed by atoms with Crippen molar-refractivity contribution in [2.75, 3.05) is 6.61 Å². The van der Waals surface area contributed by atoms with Gasteiger partial charge in [-0.1, -0.05) is 11.6 Å². The van der Waals surface area contributed by atoms with Gasteiger partial charge >= 0.3 is 0 Å². The van der Waals surface area contributed by atoms with Crippen LogP contribution in [0, 0.1) is 19.7 Å². The molecule has 1 unspecified atom stereocenters. The molecule has 180 valence electrons. The number of aliphatic hydroxyl groups is 1. The van der Waals surface area contributed by atoms with E-state index in [1.807, 2.05) is 24.7 Å². The van der Waals surface area contributed by atoms with Crippen LogP contribution < -0.4 is 0 Å². The molecule has 0 radical (unpaired) electrons. The largest absolute Gasteiger partial charge is 0.382 e. The number of fused-ring (bicyclic) bond motifs is 1. The van der Waals surface area contributed by atoms with Crippen LogP contribution in [0.4, 0.5) is 4.39 Å². The molecule has 0 amide bonds. The Kier molecular flexibility index (Phi) is 5.32. The molecular weight excluding hydrogens is 471 g/mol. The van der Waals surface area contributed by atoms with Crippen molar-refractivity contribution >= 4 is 22.8 Å². The van der Waals surface area contributed by atoms with Gasteiger partial charge < -0.3 is 9.84 Å². The second-order valence-electron chi connectivity index (χ2n) is 9.42. The quantitative estimate of drug-likeness (QED) is 0.436. The molecule has 35 heavy (non-hydrogen) atoms. The van der Waals surface area contributed by atoms with Gasteiger partial charge in [-0.05, 0) is 44.9 Å². The number of hydrogen-bond donors (Lipinski definition) is 1. The molecule has 10 heteroatoms. The summed E-state index contributed by atoms with van der Waals surface area (Å²) >= 11 is 5.98. The van der Waals surface area contributed by atoms with Crippen molar-refractivity contribution in [1.29, 1.82) is 0 Å². The van der Waals surface area contributed by atoms with Gasteiger partial charge in [-0.2, -0.15) is 5.10 Å². The average Bonchev–Trinajstić information content (AvgIpc) is 3.56. The van der Waals surface area contributed by atoms with Crippen LogP contribution in [-0.2, 0) is 10.3 Å². The van der Waals surface area contributed by atoms with Gasteiger partial charge in [0.1, 0.15) is 22.6 Å². The highest BCUT2D eigenvalue weighted by molar-refractivity contribution is 6.30. The molecule has 0 spiro atoms. The highest BCUT2D eigenvalue weighted by Gasteiger charge is 2.41. The normalized spacial score (nSPS) is 22.6. The zero-order valence-corrected chi connectivity index (χ0v) is 20.1. The lowest BCUT2D eigenvalue weighted by Gasteiger charge is -2.35. The molecule has 2 fully saturated rings. The number of rotatable bonds is 4. The van der Waals surface area contributed by atoms with Crippen molar-refractivity contribution in [2.24, 2.45) is 0 Å². The lowest BCUT2D eigenvalue weighted by Crippen LogP contribution is -2.37. The fourth-order valence-electron chi connectivity index (χ4n) is 4.50. The molecule has 0 bridgehead atoms. The van der Waals surface area contributed by atoms with Gasteiger partial charge in [-0.25, -0.2) is 24.3 Å². The zero-order chi connectivity index (χ0) is 24.3. The highest BCUT2D eigenvalue weighted by atomic mass is 35.5. The molecule has 4 aromatic rings. The summed E-state index contributed by atoms with van der Waals surface area (Å²) in [5.74, 6) is -0.359. The SMILES string of the molecule is Cc1nc2nc(C3(O)CCO[C@@H](c4cnn(C5CC5)c4)C3)nc(-c3ccc(Cl)cc3F)c2nc1C. The fourth-order valence-corrected chi connectivity index (χ4v) is 4.66. The maximum atomic E-state index is 15.0. The first-order valence-corrected chi connectivity index (χ1v) is 12.1. The molecule has 3 aromatic heterocycles. The molecule has 6 rings (SSSR count). The summed E-state index contributed by atoms with van der Waals surface area (Å²) in [5.41, 5.74) is 2.08. The summed E-state index contributed by atoms with van der Waals surface area (Å²) in [4.78, 5) is 18.5. The van der Waals surface area contributed by atoms with E-state index in [0.29, 0.717) is 41.6 Å². The standard InChI is InChI=1S/C25H24ClFN6O2/c1-13-14(2)30-23-22(29-13)21(18-6-3-16(26)9-19(18)27)31-24(32-23)25(34)7-8-35-20(10-25)15-11-28-33(12-15)17-4-5-17/h3,6,9,11-12,17,20,34H,4-5,7-8,10H2,1-2H3/t20-,25?/m1/s1. The average molecular weight is 495 g/mol. The van der Waals surface area contributed by atoms with E-state index < -0.39 is 11.4 Å². The van der Waals surface area contributed by atoms with E-state index in [2.05, 4.69) is 25.0 Å². The summed E-state index contributed by atoms with van der Waals surface area (Å²) in [6, 6.07) is 4.84. The molecule has 2 atom stereocenters. The van der Waals surface area contributed by atoms with E-state index in [-0.39, 0.29) is 34.6 Å². The van der Waals surface area contributed by atoms with Crippen LogP contribution in [0.2, 0.25) is 5.02 Å². The van der Waals surface area contributed by atoms with E-state index in [4.69, 9.17) is 16.3 Å². The van der Waals surface area contributed by atoms with Crippen molar-refractivity contribution in [2.45, 2.75) is 57.3 Å². The molecule has 1 aliphatic heterocycles. The Morgan fingerprint density at radius 1 is 1.14 bits per heavy atom. The van der Waals surface area contributed by atoms with Crippen molar-refractivity contribution < 1.29 is 14.2 Å². The fraction of sp³-hybridized carbons (Fsp3) is 0.400. The van der Waals surface area contributed by atoms with Gasteiger partial charge in [0, 0.05) is 35.2 Å². The van der Waals surface area contributed by atoms with Gasteiger partial charge in [-0.3, -0.25) is 4.68 Å². The molecule has 1 aliphatic carbocycles. The van der Waals surface area contributed by atoms with Crippen LogP contribution in [0.15, 0.2) is 30.6 Å². The van der Waals surface area contributed by atoms with E-state index in [9.17, 15) is 9.50 Å². The van der Waals surface area contributed by atoms with Crippen LogP contribution in [0.1, 0.15) is 60.6 Å². The van der Waals surface area contributed by atoms with Crippen molar-refractivity contribution in [3.05, 3.63) is 64.2 Å². The summed E-state index contributed by atoms with van der Waals surface area (Å²) in [6.07, 6.45) is 6.23. The monoisotopic (exact) mass is 494 g/mol. The molecule has 4 heterocycles. The number of nitrogens with zero attached hydrogens (tertiary/aromatic N) is 6. The van der Waals surface area contributed by atoms with Crippen LogP contribution in [0.5, 0.6) is 0 Å². The minimum absolute atomic E-state index is 0.176. The molecule has 1 aromatic carbocycles. The number of hydrogen-bond acceptors (Lipinski definition) is 7. The lowest BCUT2D eigenvalue weighted by atomic mass is 9.87. The van der Waals surface area contributed by atoms with Gasteiger partial charge in [0.25, 0.3) is 0 Å². The second-order valence-corrected chi connectivity index (χ2v) is 9.85. The summed E-state index contributed by atoms with van der Waals surface area (Å²) in [7, 11) is 0. The highest BCUT2D eigenvalue weighted by Crippen LogP contribution is 2.42. The third-order valence-electron chi connectivity index (χ3n) is 6.82. The first-order chi connectivity index (χ1) is 16.8. The Morgan fingerprint density at radius 2 is 1.94 bits per heavy atom. The number of aryl methyl sites for hydroxylation is 2. The Labute approximate surface area is 206 Å². The second kappa shape index (κ2) is 8.29. The number of benzene rings is 1. The Bertz CT molecular complexity index is 1460. The molecule has 1 saturated heterocycles. The van der Waals surface area contributed by atoms with Gasteiger partial charge in [0.2, 0.25) is 0 Å². The first kappa shape index (κ1) is 22.5. The van der Waals surface area contributed by atoms with E-state index in [1.165, 1.54) is 6.07 Å². The third kappa shape index (κ3) is 4.07. The Balaban J connectivity index is 1.45. The summed E-state index contributed by atoms with van der Waals surface area (Å²) in [5, 5.41) is 16.5. The van der Waals surface area contributed by atoms with Crippen molar-refractivity contribution in [3.63, 3.8) is 0 Å². The molecule has 8 nitrogen and oxygen atoms in total. The number of halogens is 2. The van der Waals surface area contributed by atoms with Crippen molar-refractivity contribution in [1.82, 2.24) is 29.7 Å². The van der Waals surface area contributed by atoms with Gasteiger partial charge in [-0.15, -0.1) is 0 Å². The van der Waals surface area contributed by atoms with Gasteiger partial charge in [0.15, 0.2) is 11.5 Å². The van der Waals surface area contributed by atoms with Crippen LogP contribution in [0.3, 0.4) is 0 Å². The maximum Gasteiger partial charge on any atom is 0.182 e. The van der Waals surface area contributed by atoms with E-state index >= 15 is 0 Å². The molecule has 1 saturated carbocycles. The minimum Gasteiger partial charge on any atom is -0.382 e. The van der Waals surface area contributed by atoms with Crippen LogP contribution >= 0.6 is 11.6 Å².